The normalized spacial score (nSPS) is 12.0. The maximum atomic E-state index is 10.7. The summed E-state index contributed by atoms with van der Waals surface area (Å²) >= 11 is 0. The molecule has 0 aliphatic rings. The zero-order valence-corrected chi connectivity index (χ0v) is 14.0. The van der Waals surface area contributed by atoms with Gasteiger partial charge in [-0.25, -0.2) is 8.42 Å². The van der Waals surface area contributed by atoms with Crippen LogP contribution in [0.3, 0.4) is 0 Å². The molecule has 23 heavy (non-hydrogen) atoms. The Morgan fingerprint density at radius 1 is 0.913 bits per heavy atom. The highest BCUT2D eigenvalue weighted by Gasteiger charge is 2.36. The lowest BCUT2D eigenvalue weighted by Crippen LogP contribution is -2.21. The molecule has 3 nitrogen and oxygen atoms in total. The second-order valence-corrected chi connectivity index (χ2v) is 7.56. The number of benzene rings is 2. The maximum Gasteiger partial charge on any atom is 0.485 e. The third-order valence-corrected chi connectivity index (χ3v) is 4.74. The van der Waals surface area contributed by atoms with Gasteiger partial charge in [-0.05, 0) is 17.7 Å². The van der Waals surface area contributed by atoms with Gasteiger partial charge in [0.2, 0.25) is 0 Å². The predicted molar refractivity (Wildman–Crippen MR) is 86.6 cm³/mol. The van der Waals surface area contributed by atoms with Crippen LogP contribution in [0.2, 0.25) is 0 Å². The standard InChI is InChI=1S/C14H15P.CHF3O3S/c1-3-7-13(8-4-1)11-12-15-14-9-5-2-6-10-14;2-1(3,4)8(5,6)7/h1-10,15H,11-12H2;(H,5,6,7). The Hall–Kier alpha value is -1.43. The zero-order chi connectivity index (χ0) is 17.3. The maximum absolute atomic E-state index is 10.7. The molecule has 0 aliphatic carbocycles. The third kappa shape index (κ3) is 8.11. The van der Waals surface area contributed by atoms with Gasteiger partial charge in [-0.3, -0.25) is 0 Å². The fraction of sp³-hybridized carbons (Fsp3) is 0.200. The lowest BCUT2D eigenvalue weighted by Gasteiger charge is -2.08. The summed E-state index contributed by atoms with van der Waals surface area (Å²) < 4.78 is 58.9. The molecule has 1 atom stereocenters. The summed E-state index contributed by atoms with van der Waals surface area (Å²) in [7, 11) is -5.65. The van der Waals surface area contributed by atoms with Gasteiger partial charge < -0.3 is 4.55 Å². The van der Waals surface area contributed by atoms with Crippen LogP contribution in [0.15, 0.2) is 60.7 Å². The van der Waals surface area contributed by atoms with Gasteiger partial charge in [0.15, 0.2) is 10.1 Å². The van der Waals surface area contributed by atoms with Crippen molar-refractivity contribution in [2.24, 2.45) is 0 Å². The molecule has 0 aliphatic heterocycles. The second-order valence-electron chi connectivity index (χ2n) is 4.54. The predicted octanol–water partition coefficient (Wildman–Crippen LogP) is 3.02. The molecule has 1 unspecified atom stereocenters. The minimum Gasteiger partial charge on any atom is -0.741 e. The molecule has 126 valence electrons. The van der Waals surface area contributed by atoms with Crippen LogP contribution in [0.25, 0.3) is 0 Å². The largest absolute Gasteiger partial charge is 0.741 e. The fourth-order valence-electron chi connectivity index (χ4n) is 1.64. The van der Waals surface area contributed by atoms with Crippen LogP contribution in [0, 0.1) is 0 Å². The van der Waals surface area contributed by atoms with E-state index in [-0.39, 0.29) is 0 Å². The van der Waals surface area contributed by atoms with Crippen molar-refractivity contribution in [2.75, 3.05) is 6.16 Å². The lowest BCUT2D eigenvalue weighted by molar-refractivity contribution is -0.0517. The van der Waals surface area contributed by atoms with E-state index in [2.05, 4.69) is 60.7 Å². The van der Waals surface area contributed by atoms with Gasteiger partial charge >= 0.3 is 5.51 Å². The summed E-state index contributed by atoms with van der Waals surface area (Å²) in [4.78, 5) is 0. The molecule has 2 rings (SSSR count). The molecule has 0 amide bonds. The van der Waals surface area contributed by atoms with Gasteiger partial charge in [0.25, 0.3) is 0 Å². The summed E-state index contributed by atoms with van der Waals surface area (Å²) in [6.07, 6.45) is 2.53. The average molecular weight is 364 g/mol. The Balaban J connectivity index is 0.000000284. The van der Waals surface area contributed by atoms with Crippen LogP contribution in [-0.2, 0) is 16.5 Å². The first-order chi connectivity index (χ1) is 10.7. The van der Waals surface area contributed by atoms with Crippen molar-refractivity contribution in [2.45, 2.75) is 11.9 Å². The van der Waals surface area contributed by atoms with Crippen molar-refractivity contribution in [3.05, 3.63) is 66.2 Å². The number of alkyl halides is 3. The third-order valence-electron chi connectivity index (χ3n) is 2.74. The van der Waals surface area contributed by atoms with Crippen LogP contribution < -0.4 is 5.30 Å². The lowest BCUT2D eigenvalue weighted by atomic mass is 10.2. The van der Waals surface area contributed by atoms with Crippen molar-refractivity contribution in [1.29, 1.82) is 0 Å². The molecular weight excluding hydrogens is 348 g/mol. The highest BCUT2D eigenvalue weighted by atomic mass is 32.2. The van der Waals surface area contributed by atoms with Crippen molar-refractivity contribution in [3.63, 3.8) is 0 Å². The summed E-state index contributed by atoms with van der Waals surface area (Å²) in [5.41, 5.74) is -4.19. The molecule has 0 radical (unpaired) electrons. The van der Waals surface area contributed by atoms with E-state index >= 15 is 0 Å². The molecule has 0 saturated carbocycles. The smallest absolute Gasteiger partial charge is 0.485 e. The van der Waals surface area contributed by atoms with E-state index in [0.29, 0.717) is 8.58 Å². The molecule has 2 aromatic rings. The Morgan fingerprint density at radius 2 is 1.35 bits per heavy atom. The minimum atomic E-state index is -6.09. The zero-order valence-electron chi connectivity index (χ0n) is 12.0. The monoisotopic (exact) mass is 364 g/mol. The molecule has 0 aromatic heterocycles. The average Bonchev–Trinajstić information content (AvgIpc) is 2.48. The van der Waals surface area contributed by atoms with Gasteiger partial charge in [0.05, 0.1) is 11.5 Å². The van der Waals surface area contributed by atoms with E-state index < -0.39 is 15.6 Å². The first-order valence-corrected chi connectivity index (χ1v) is 9.45. The minimum absolute atomic E-state index is 0.437. The van der Waals surface area contributed by atoms with Crippen LogP contribution in [0.5, 0.6) is 0 Å². The van der Waals surface area contributed by atoms with Gasteiger partial charge in [0, 0.05) is 15.0 Å². The SMILES string of the molecule is O=S(=O)([O-])C(F)(F)F.c1ccc(CC[PH2+]c2ccccc2)cc1. The van der Waals surface area contributed by atoms with E-state index in [1.54, 1.807) is 0 Å². The van der Waals surface area contributed by atoms with Crippen LogP contribution in [0.1, 0.15) is 5.56 Å². The van der Waals surface area contributed by atoms with Crippen LogP contribution >= 0.6 is 8.58 Å². The molecule has 0 spiro atoms. The molecule has 0 bridgehead atoms. The Bertz CT molecular complexity index is 635. The van der Waals surface area contributed by atoms with Crippen LogP contribution in [-0.4, -0.2) is 24.6 Å². The molecule has 0 fully saturated rings. The highest BCUT2D eigenvalue weighted by Crippen LogP contribution is 2.20. The van der Waals surface area contributed by atoms with Gasteiger partial charge in [0.1, 0.15) is 0 Å². The molecule has 8 heteroatoms. The first kappa shape index (κ1) is 19.6. The van der Waals surface area contributed by atoms with Gasteiger partial charge in [-0.2, -0.15) is 13.2 Å². The number of hydrogen-bond donors (Lipinski definition) is 0. The Kier molecular flexibility index (Phi) is 7.68. The van der Waals surface area contributed by atoms with Crippen LogP contribution in [0.4, 0.5) is 13.2 Å². The van der Waals surface area contributed by atoms with Crippen molar-refractivity contribution < 1.29 is 26.1 Å². The summed E-state index contributed by atoms with van der Waals surface area (Å²) in [5, 5.41) is 1.52. The molecule has 0 saturated heterocycles. The van der Waals surface area contributed by atoms with E-state index in [0.717, 1.165) is 0 Å². The number of aryl methyl sites for hydroxylation is 1. The van der Waals surface area contributed by atoms with E-state index in [9.17, 15) is 13.2 Å². The number of rotatable bonds is 4. The fourth-order valence-corrected chi connectivity index (χ4v) is 2.94. The van der Waals surface area contributed by atoms with Gasteiger partial charge in [-0.15, -0.1) is 0 Å². The van der Waals surface area contributed by atoms with Crippen molar-refractivity contribution >= 4 is 24.0 Å². The van der Waals surface area contributed by atoms with E-state index in [1.807, 2.05) is 0 Å². The quantitative estimate of drug-likeness (QED) is 0.476. The summed E-state index contributed by atoms with van der Waals surface area (Å²) in [5.74, 6) is 0. The molecule has 0 N–H and O–H groups in total. The van der Waals surface area contributed by atoms with E-state index in [4.69, 9.17) is 13.0 Å². The topological polar surface area (TPSA) is 57.2 Å². The highest BCUT2D eigenvalue weighted by molar-refractivity contribution is 7.86. The number of hydrogen-bond acceptors (Lipinski definition) is 3. The van der Waals surface area contributed by atoms with Gasteiger partial charge in [-0.1, -0.05) is 48.5 Å². The molecular formula is C15H16F3O3PS. The molecule has 0 heterocycles. The Morgan fingerprint density at radius 3 is 1.78 bits per heavy atom. The summed E-state index contributed by atoms with van der Waals surface area (Å²) in [6.45, 7) is 0. The Labute approximate surface area is 135 Å². The second kappa shape index (κ2) is 9.01. The van der Waals surface area contributed by atoms with Crippen molar-refractivity contribution in [3.8, 4) is 0 Å². The van der Waals surface area contributed by atoms with Crippen molar-refractivity contribution in [1.82, 2.24) is 0 Å². The summed E-state index contributed by atoms with van der Waals surface area (Å²) in [6, 6.07) is 21.6. The first-order valence-electron chi connectivity index (χ1n) is 6.64. The number of halogens is 3. The molecule has 2 aromatic carbocycles. The van der Waals surface area contributed by atoms with E-state index in [1.165, 1.54) is 23.5 Å².